The van der Waals surface area contributed by atoms with Crippen molar-refractivity contribution in [3.05, 3.63) is 18.2 Å². The molecule has 6 heteroatoms. The Kier molecular flexibility index (Phi) is 8.14. The first-order valence-corrected chi connectivity index (χ1v) is 7.65. The molecule has 0 radical (unpaired) electrons. The van der Waals surface area contributed by atoms with E-state index in [2.05, 4.69) is 5.32 Å². The molecule has 0 bridgehead atoms. The lowest BCUT2D eigenvalue weighted by atomic mass is 10.2. The van der Waals surface area contributed by atoms with E-state index in [9.17, 15) is 4.79 Å². The first kappa shape index (κ1) is 18.1. The van der Waals surface area contributed by atoms with E-state index in [1.165, 1.54) is 4.90 Å². The van der Waals surface area contributed by atoms with Crippen LogP contribution in [0.2, 0.25) is 0 Å². The van der Waals surface area contributed by atoms with Crippen LogP contribution in [0.15, 0.2) is 18.2 Å². The largest absolute Gasteiger partial charge is 0.490 e. The summed E-state index contributed by atoms with van der Waals surface area (Å²) >= 11 is 0. The van der Waals surface area contributed by atoms with Gasteiger partial charge in [-0.3, -0.25) is 0 Å². The molecule has 0 saturated carbocycles. The van der Waals surface area contributed by atoms with E-state index in [1.54, 1.807) is 25.2 Å². The quantitative estimate of drug-likeness (QED) is 0.735. The van der Waals surface area contributed by atoms with Crippen LogP contribution in [0, 0.1) is 0 Å². The van der Waals surface area contributed by atoms with Gasteiger partial charge in [-0.05, 0) is 25.0 Å². The molecule has 0 fully saturated rings. The molecule has 0 atom stereocenters. The second-order valence-electron chi connectivity index (χ2n) is 4.93. The van der Waals surface area contributed by atoms with Gasteiger partial charge in [-0.1, -0.05) is 13.8 Å². The predicted octanol–water partition coefficient (Wildman–Crippen LogP) is 2.72. The highest BCUT2D eigenvalue weighted by Gasteiger charge is 2.11. The number of carbonyl (C=O) groups excluding carboxylic acids is 1. The molecule has 2 N–H and O–H groups in total. The number of nitrogens with one attached hydrogen (secondary N) is 1. The summed E-state index contributed by atoms with van der Waals surface area (Å²) in [4.78, 5) is 13.3. The Bertz CT molecular complexity index is 465. The number of aliphatic hydroxyl groups is 1. The van der Waals surface area contributed by atoms with Gasteiger partial charge in [-0.15, -0.1) is 0 Å². The lowest BCUT2D eigenvalue weighted by molar-refractivity contribution is 0.202. The van der Waals surface area contributed by atoms with Crippen LogP contribution >= 0.6 is 0 Å². The Morgan fingerprint density at radius 3 is 2.41 bits per heavy atom. The molecule has 0 aliphatic rings. The molecular weight excluding hydrogens is 284 g/mol. The minimum absolute atomic E-state index is 0.0709. The average molecular weight is 310 g/mol. The number of benzene rings is 1. The summed E-state index contributed by atoms with van der Waals surface area (Å²) in [5.74, 6) is 1.30. The molecule has 22 heavy (non-hydrogen) atoms. The third-order valence-electron chi connectivity index (χ3n) is 2.90. The molecule has 0 saturated heterocycles. The molecule has 0 aliphatic carbocycles. The van der Waals surface area contributed by atoms with E-state index in [1.807, 2.05) is 13.8 Å². The Hall–Kier alpha value is -1.95. The number of aliphatic hydroxyl groups excluding tert-OH is 1. The molecule has 124 valence electrons. The molecule has 1 aromatic carbocycles. The number of hydrogen-bond donors (Lipinski definition) is 2. The van der Waals surface area contributed by atoms with Gasteiger partial charge in [0, 0.05) is 25.3 Å². The molecule has 0 aliphatic heterocycles. The summed E-state index contributed by atoms with van der Waals surface area (Å²) in [6, 6.07) is 5.04. The van der Waals surface area contributed by atoms with E-state index in [-0.39, 0.29) is 19.2 Å². The number of hydrogen-bond acceptors (Lipinski definition) is 4. The van der Waals surface area contributed by atoms with Crippen molar-refractivity contribution in [2.45, 2.75) is 26.7 Å². The van der Waals surface area contributed by atoms with Gasteiger partial charge in [0.25, 0.3) is 0 Å². The van der Waals surface area contributed by atoms with Crippen molar-refractivity contribution >= 4 is 11.7 Å². The highest BCUT2D eigenvalue weighted by atomic mass is 16.5. The normalized spacial score (nSPS) is 10.2. The Morgan fingerprint density at radius 1 is 1.18 bits per heavy atom. The molecule has 1 rings (SSSR count). The highest BCUT2D eigenvalue weighted by Crippen LogP contribution is 2.31. The Balaban J connectivity index is 2.81. The van der Waals surface area contributed by atoms with Crippen molar-refractivity contribution in [3.8, 4) is 11.5 Å². The smallest absolute Gasteiger partial charge is 0.321 e. The minimum Gasteiger partial charge on any atom is -0.490 e. The summed E-state index contributed by atoms with van der Waals surface area (Å²) in [5.41, 5.74) is 0.629. The molecule has 0 unspecified atom stereocenters. The van der Waals surface area contributed by atoms with Gasteiger partial charge in [0.05, 0.1) is 19.8 Å². The van der Waals surface area contributed by atoms with E-state index in [4.69, 9.17) is 14.6 Å². The standard InChI is InChI=1S/C16H26N2O4/c1-4-10-21-14-7-6-13(12-15(14)22-11-5-2)17-16(20)18(3)8-9-19/h6-7,12,19H,4-5,8-11H2,1-3H3,(H,17,20). The van der Waals surface area contributed by atoms with E-state index in [0.29, 0.717) is 30.4 Å². The summed E-state index contributed by atoms with van der Waals surface area (Å²) in [7, 11) is 1.62. The van der Waals surface area contributed by atoms with Crippen LogP contribution in [0.3, 0.4) is 0 Å². The number of amides is 2. The third-order valence-corrected chi connectivity index (χ3v) is 2.90. The van der Waals surface area contributed by atoms with Gasteiger partial charge >= 0.3 is 6.03 Å². The van der Waals surface area contributed by atoms with E-state index in [0.717, 1.165) is 12.8 Å². The van der Waals surface area contributed by atoms with Crippen molar-refractivity contribution in [2.75, 3.05) is 38.7 Å². The maximum absolute atomic E-state index is 11.9. The number of nitrogens with zero attached hydrogens (tertiary/aromatic N) is 1. The number of likely N-dealkylation sites (N-methyl/N-ethyl adjacent to an activating group) is 1. The Labute approximate surface area is 132 Å². The molecule has 0 spiro atoms. The van der Waals surface area contributed by atoms with Crippen LogP contribution in [0.5, 0.6) is 11.5 Å². The number of ether oxygens (including phenoxy) is 2. The Morgan fingerprint density at radius 2 is 1.82 bits per heavy atom. The van der Waals surface area contributed by atoms with E-state index >= 15 is 0 Å². The maximum atomic E-state index is 11.9. The van der Waals surface area contributed by atoms with Crippen molar-refractivity contribution in [3.63, 3.8) is 0 Å². The van der Waals surface area contributed by atoms with Gasteiger partial charge in [0.1, 0.15) is 0 Å². The van der Waals surface area contributed by atoms with Crippen molar-refractivity contribution in [1.29, 1.82) is 0 Å². The molecule has 2 amide bonds. The molecular formula is C16H26N2O4. The topological polar surface area (TPSA) is 71.0 Å². The van der Waals surface area contributed by atoms with Crippen LogP contribution in [0.25, 0.3) is 0 Å². The zero-order valence-electron chi connectivity index (χ0n) is 13.6. The summed E-state index contributed by atoms with van der Waals surface area (Å²) in [6.07, 6.45) is 1.81. The third kappa shape index (κ3) is 5.81. The summed E-state index contributed by atoms with van der Waals surface area (Å²) in [5, 5.41) is 11.6. The van der Waals surface area contributed by atoms with Crippen LogP contribution < -0.4 is 14.8 Å². The van der Waals surface area contributed by atoms with Crippen LogP contribution in [-0.2, 0) is 0 Å². The number of anilines is 1. The van der Waals surface area contributed by atoms with Crippen molar-refractivity contribution in [2.24, 2.45) is 0 Å². The lowest BCUT2D eigenvalue weighted by Crippen LogP contribution is -2.33. The number of rotatable bonds is 9. The fourth-order valence-corrected chi connectivity index (χ4v) is 1.71. The van der Waals surface area contributed by atoms with Crippen LogP contribution in [0.4, 0.5) is 10.5 Å². The van der Waals surface area contributed by atoms with Crippen molar-refractivity contribution in [1.82, 2.24) is 4.90 Å². The van der Waals surface area contributed by atoms with Gasteiger partial charge in [-0.2, -0.15) is 0 Å². The molecule has 1 aromatic rings. The molecule has 0 aromatic heterocycles. The zero-order chi connectivity index (χ0) is 16.4. The lowest BCUT2D eigenvalue weighted by Gasteiger charge is -2.18. The van der Waals surface area contributed by atoms with Gasteiger partial charge in [0.15, 0.2) is 11.5 Å². The monoisotopic (exact) mass is 310 g/mol. The maximum Gasteiger partial charge on any atom is 0.321 e. The number of carbonyl (C=O) groups is 1. The second-order valence-corrected chi connectivity index (χ2v) is 4.93. The second kappa shape index (κ2) is 9.89. The van der Waals surface area contributed by atoms with Gasteiger partial charge in [0.2, 0.25) is 0 Å². The SMILES string of the molecule is CCCOc1ccc(NC(=O)N(C)CCO)cc1OCCC. The van der Waals surface area contributed by atoms with Crippen molar-refractivity contribution < 1.29 is 19.4 Å². The average Bonchev–Trinajstić information content (AvgIpc) is 2.52. The summed E-state index contributed by atoms with van der Waals surface area (Å²) < 4.78 is 11.3. The highest BCUT2D eigenvalue weighted by molar-refractivity contribution is 5.89. The van der Waals surface area contributed by atoms with Crippen LogP contribution in [-0.4, -0.2) is 49.5 Å². The minimum atomic E-state index is -0.280. The predicted molar refractivity (Wildman–Crippen MR) is 86.7 cm³/mol. The van der Waals surface area contributed by atoms with E-state index < -0.39 is 0 Å². The zero-order valence-corrected chi connectivity index (χ0v) is 13.6. The number of urea groups is 1. The fraction of sp³-hybridized carbons (Fsp3) is 0.562. The molecule has 6 nitrogen and oxygen atoms in total. The van der Waals surface area contributed by atoms with Crippen LogP contribution in [0.1, 0.15) is 26.7 Å². The first-order valence-electron chi connectivity index (χ1n) is 7.65. The van der Waals surface area contributed by atoms with Gasteiger partial charge in [-0.25, -0.2) is 4.79 Å². The summed E-state index contributed by atoms with van der Waals surface area (Å²) in [6.45, 7) is 5.49. The first-order chi connectivity index (χ1) is 10.6. The fourth-order valence-electron chi connectivity index (χ4n) is 1.71. The molecule has 0 heterocycles. The van der Waals surface area contributed by atoms with Gasteiger partial charge < -0.3 is 24.8 Å².